The first-order valence-corrected chi connectivity index (χ1v) is 9.95. The molecule has 2 N–H and O–H groups in total. The lowest BCUT2D eigenvalue weighted by Crippen LogP contribution is -2.52. The number of fused-ring (bicyclic) bond motifs is 1. The van der Waals surface area contributed by atoms with E-state index in [1.54, 1.807) is 24.3 Å². The Hall–Kier alpha value is -3.60. The van der Waals surface area contributed by atoms with Crippen LogP contribution in [0.5, 0.6) is 5.75 Å². The number of carboxylic acids is 1. The molecule has 1 amide bonds. The molecule has 5 nitrogen and oxygen atoms in total. The molecule has 0 aromatic heterocycles. The van der Waals surface area contributed by atoms with Gasteiger partial charge >= 0.3 is 5.97 Å². The lowest BCUT2D eigenvalue weighted by Gasteiger charge is -2.42. The number of amides is 1. The minimum atomic E-state index is -1.06. The summed E-state index contributed by atoms with van der Waals surface area (Å²) in [6.07, 6.45) is 0.497. The molecule has 0 saturated heterocycles. The summed E-state index contributed by atoms with van der Waals surface area (Å²) < 4.78 is 6.22. The van der Waals surface area contributed by atoms with Crippen molar-refractivity contribution in [2.75, 3.05) is 0 Å². The number of nitrogens with one attached hydrogen (secondary N) is 1. The first-order chi connectivity index (χ1) is 14.6. The number of ether oxygens (including phenoxy) is 1. The van der Waals surface area contributed by atoms with Crippen LogP contribution in [-0.2, 0) is 16.8 Å². The van der Waals surface area contributed by atoms with Crippen LogP contribution in [0.4, 0.5) is 0 Å². The van der Waals surface area contributed by atoms with Crippen molar-refractivity contribution in [2.24, 2.45) is 0 Å². The Balaban J connectivity index is 1.72. The molecule has 5 heteroatoms. The van der Waals surface area contributed by atoms with E-state index in [2.05, 4.69) is 5.32 Å². The van der Waals surface area contributed by atoms with Crippen molar-refractivity contribution in [1.82, 2.24) is 5.32 Å². The highest BCUT2D eigenvalue weighted by molar-refractivity contribution is 5.95. The lowest BCUT2D eigenvalue weighted by atomic mass is 9.77. The first kappa shape index (κ1) is 19.7. The molecule has 1 aliphatic rings. The summed E-state index contributed by atoms with van der Waals surface area (Å²) in [6.45, 7) is 0. The monoisotopic (exact) mass is 401 g/mol. The van der Waals surface area contributed by atoms with Gasteiger partial charge in [-0.15, -0.1) is 0 Å². The number of para-hydroxylation sites is 1. The Labute approximate surface area is 175 Å². The summed E-state index contributed by atoms with van der Waals surface area (Å²) in [5.74, 6) is -0.662. The number of carboxylic acid groups (broad SMARTS) is 1. The van der Waals surface area contributed by atoms with E-state index in [1.165, 1.54) is 0 Å². The van der Waals surface area contributed by atoms with Gasteiger partial charge in [-0.25, -0.2) is 0 Å². The molecule has 2 atom stereocenters. The number of benzene rings is 3. The lowest BCUT2D eigenvalue weighted by molar-refractivity contribution is -0.139. The van der Waals surface area contributed by atoms with E-state index in [0.29, 0.717) is 29.7 Å². The normalized spacial score (nSPS) is 19.9. The molecule has 0 bridgehead atoms. The van der Waals surface area contributed by atoms with E-state index in [1.807, 2.05) is 60.7 Å². The van der Waals surface area contributed by atoms with E-state index in [4.69, 9.17) is 4.74 Å². The molecule has 30 heavy (non-hydrogen) atoms. The number of rotatable bonds is 6. The van der Waals surface area contributed by atoms with Gasteiger partial charge in [-0.05, 0) is 23.8 Å². The maximum absolute atomic E-state index is 13.0. The molecule has 2 unspecified atom stereocenters. The second-order valence-corrected chi connectivity index (χ2v) is 7.60. The average Bonchev–Trinajstić information content (AvgIpc) is 2.74. The minimum absolute atomic E-state index is 0.225. The second kappa shape index (κ2) is 8.41. The molecule has 0 fully saturated rings. The van der Waals surface area contributed by atoms with E-state index >= 15 is 0 Å². The van der Waals surface area contributed by atoms with Crippen LogP contribution in [-0.4, -0.2) is 23.1 Å². The fraction of sp³-hybridized carbons (Fsp3) is 0.200. The Kier molecular flexibility index (Phi) is 5.53. The van der Waals surface area contributed by atoms with Gasteiger partial charge in [0.1, 0.15) is 11.9 Å². The third-order valence-electron chi connectivity index (χ3n) is 5.42. The fourth-order valence-electron chi connectivity index (χ4n) is 4.14. The van der Waals surface area contributed by atoms with Crippen molar-refractivity contribution in [3.63, 3.8) is 0 Å². The van der Waals surface area contributed by atoms with Crippen molar-refractivity contribution in [1.29, 1.82) is 0 Å². The van der Waals surface area contributed by atoms with Gasteiger partial charge < -0.3 is 15.2 Å². The van der Waals surface area contributed by atoms with E-state index in [0.717, 1.165) is 5.56 Å². The van der Waals surface area contributed by atoms with Crippen LogP contribution in [0.2, 0.25) is 0 Å². The van der Waals surface area contributed by atoms with Crippen molar-refractivity contribution >= 4 is 11.9 Å². The smallest absolute Gasteiger partial charge is 0.306 e. The Bertz CT molecular complexity index is 1040. The van der Waals surface area contributed by atoms with Crippen LogP contribution in [0.25, 0.3) is 0 Å². The van der Waals surface area contributed by atoms with Crippen molar-refractivity contribution in [2.45, 2.75) is 30.9 Å². The number of carbonyl (C=O) groups excluding carboxylic acids is 1. The molecule has 0 aliphatic carbocycles. The zero-order chi connectivity index (χ0) is 21.0. The molecule has 0 spiro atoms. The van der Waals surface area contributed by atoms with Gasteiger partial charge in [0.15, 0.2) is 0 Å². The maximum atomic E-state index is 13.0. The largest absolute Gasteiger partial charge is 0.490 e. The van der Waals surface area contributed by atoms with Crippen LogP contribution in [0, 0.1) is 0 Å². The van der Waals surface area contributed by atoms with Crippen LogP contribution < -0.4 is 10.1 Å². The van der Waals surface area contributed by atoms with Gasteiger partial charge in [0.05, 0.1) is 12.0 Å². The molecule has 3 aromatic carbocycles. The third kappa shape index (κ3) is 4.20. The fourth-order valence-corrected chi connectivity index (χ4v) is 4.14. The van der Waals surface area contributed by atoms with Crippen LogP contribution in [0.15, 0.2) is 84.9 Å². The van der Waals surface area contributed by atoms with E-state index in [-0.39, 0.29) is 18.4 Å². The Morgan fingerprint density at radius 3 is 2.27 bits per heavy atom. The second-order valence-electron chi connectivity index (χ2n) is 7.60. The molecule has 152 valence electrons. The van der Waals surface area contributed by atoms with Crippen LogP contribution in [0.1, 0.15) is 34.3 Å². The minimum Gasteiger partial charge on any atom is -0.490 e. The Morgan fingerprint density at radius 2 is 1.57 bits per heavy atom. The summed E-state index contributed by atoms with van der Waals surface area (Å²) >= 11 is 0. The average molecular weight is 401 g/mol. The van der Waals surface area contributed by atoms with Crippen LogP contribution >= 0.6 is 0 Å². The number of hydrogen-bond donors (Lipinski definition) is 2. The molecular formula is C25H23NO4. The van der Waals surface area contributed by atoms with Crippen LogP contribution in [0.3, 0.4) is 0 Å². The van der Waals surface area contributed by atoms with Gasteiger partial charge in [0.2, 0.25) is 0 Å². The topological polar surface area (TPSA) is 75.6 Å². The highest BCUT2D eigenvalue weighted by Gasteiger charge is 2.44. The standard InChI is InChI=1S/C25H23NO4/c27-23(28)17-25(26-24(29)19-11-5-2-6-12-19)16-20(15-18-9-3-1-4-10-18)30-22-14-8-7-13-21(22)25/h1-14,20H,15-17H2,(H,26,29)(H,27,28). The van der Waals surface area contributed by atoms with Gasteiger partial charge in [0, 0.05) is 24.0 Å². The molecule has 1 aliphatic heterocycles. The van der Waals surface area contributed by atoms with Gasteiger partial charge in [0.25, 0.3) is 5.91 Å². The number of aliphatic carboxylic acids is 1. The molecule has 3 aromatic rings. The maximum Gasteiger partial charge on any atom is 0.306 e. The molecule has 0 radical (unpaired) electrons. The zero-order valence-corrected chi connectivity index (χ0v) is 16.5. The molecule has 4 rings (SSSR count). The Morgan fingerprint density at radius 1 is 0.933 bits per heavy atom. The van der Waals surface area contributed by atoms with Crippen molar-refractivity contribution in [3.05, 3.63) is 102 Å². The number of hydrogen-bond acceptors (Lipinski definition) is 3. The van der Waals surface area contributed by atoms with E-state index in [9.17, 15) is 14.7 Å². The summed E-state index contributed by atoms with van der Waals surface area (Å²) in [4.78, 5) is 24.9. The van der Waals surface area contributed by atoms with Crippen molar-refractivity contribution in [3.8, 4) is 5.75 Å². The highest BCUT2D eigenvalue weighted by atomic mass is 16.5. The molecule has 1 heterocycles. The predicted molar refractivity (Wildman–Crippen MR) is 113 cm³/mol. The number of carbonyl (C=O) groups is 2. The predicted octanol–water partition coefficient (Wildman–Crippen LogP) is 4.18. The summed E-state index contributed by atoms with van der Waals surface area (Å²) in [6, 6.07) is 26.1. The van der Waals surface area contributed by atoms with Gasteiger partial charge in [-0.1, -0.05) is 66.7 Å². The molecular weight excluding hydrogens is 378 g/mol. The highest BCUT2D eigenvalue weighted by Crippen LogP contribution is 2.42. The summed E-state index contributed by atoms with van der Waals surface area (Å²) in [7, 11) is 0. The van der Waals surface area contributed by atoms with E-state index < -0.39 is 11.5 Å². The van der Waals surface area contributed by atoms with Gasteiger partial charge in [-0.3, -0.25) is 9.59 Å². The third-order valence-corrected chi connectivity index (χ3v) is 5.42. The zero-order valence-electron chi connectivity index (χ0n) is 16.5. The summed E-state index contributed by atoms with van der Waals surface area (Å²) in [5, 5.41) is 12.8. The summed E-state index contributed by atoms with van der Waals surface area (Å²) in [5.41, 5.74) is 1.22. The van der Waals surface area contributed by atoms with Gasteiger partial charge in [-0.2, -0.15) is 0 Å². The quantitative estimate of drug-likeness (QED) is 0.650. The first-order valence-electron chi connectivity index (χ1n) is 9.95. The molecule has 0 saturated carbocycles. The SMILES string of the molecule is O=C(O)CC1(NC(=O)c2ccccc2)CC(Cc2ccccc2)Oc2ccccc21. The van der Waals surface area contributed by atoms with Crippen molar-refractivity contribution < 1.29 is 19.4 Å².